The maximum Gasteiger partial charge on any atom is 0.338 e. The first kappa shape index (κ1) is 21.4. The number of carbonyl (C=O) groups excluding carboxylic acids is 2. The second-order valence-corrected chi connectivity index (χ2v) is 7.48. The molecule has 4 rings (SSSR count). The van der Waals surface area contributed by atoms with Crippen molar-refractivity contribution in [3.05, 3.63) is 71.2 Å². The minimum absolute atomic E-state index is 0.183. The molecule has 1 aliphatic heterocycles. The maximum atomic E-state index is 12.8. The molecule has 0 fully saturated rings. The van der Waals surface area contributed by atoms with Gasteiger partial charge in [-0.25, -0.2) is 9.78 Å². The second-order valence-electron chi connectivity index (χ2n) is 7.48. The van der Waals surface area contributed by atoms with Crippen LogP contribution in [-0.4, -0.2) is 47.7 Å². The maximum absolute atomic E-state index is 12.8. The number of ether oxygens (including phenoxy) is 4. The van der Waals surface area contributed by atoms with E-state index in [-0.39, 0.29) is 24.1 Å². The van der Waals surface area contributed by atoms with Crippen LogP contribution in [0.3, 0.4) is 0 Å². The summed E-state index contributed by atoms with van der Waals surface area (Å²) in [5.41, 5.74) is 2.49. The summed E-state index contributed by atoms with van der Waals surface area (Å²) in [4.78, 5) is 29.0. The molecule has 32 heavy (non-hydrogen) atoms. The molecule has 0 saturated carbocycles. The molecule has 0 bridgehead atoms. The van der Waals surface area contributed by atoms with Crippen molar-refractivity contribution in [3.8, 4) is 17.4 Å². The zero-order valence-corrected chi connectivity index (χ0v) is 18.2. The third-order valence-electron chi connectivity index (χ3n) is 5.34. The standard InChI is InChI=1S/C24H24N2O6/c1-15-10-19(20(27)14-31-24(28)17-8-9-25-23(11-17)29-3)16(2)26(15)12-18-13-30-21-6-4-5-7-22(21)32-18/h4-11,18H,12-14H2,1-3H3/t18-/m0/s1. The lowest BCUT2D eigenvalue weighted by atomic mass is 10.1. The van der Waals surface area contributed by atoms with Crippen molar-refractivity contribution in [2.24, 2.45) is 0 Å². The molecule has 8 heteroatoms. The molecule has 1 atom stereocenters. The number of para-hydroxylation sites is 2. The quantitative estimate of drug-likeness (QED) is 0.414. The van der Waals surface area contributed by atoms with Gasteiger partial charge in [-0.1, -0.05) is 12.1 Å². The molecule has 2 aromatic heterocycles. The molecule has 8 nitrogen and oxygen atoms in total. The molecule has 0 amide bonds. The molecule has 3 heterocycles. The SMILES string of the molecule is COc1cc(C(=O)OCC(=O)c2cc(C)n(C[C@H]3COc4ccccc4O3)c2C)ccn1. The molecule has 0 unspecified atom stereocenters. The summed E-state index contributed by atoms with van der Waals surface area (Å²) in [5.74, 6) is 0.853. The first-order valence-corrected chi connectivity index (χ1v) is 10.2. The van der Waals surface area contributed by atoms with Gasteiger partial charge in [-0.3, -0.25) is 4.79 Å². The van der Waals surface area contributed by atoms with Gasteiger partial charge in [0.25, 0.3) is 0 Å². The first-order chi connectivity index (χ1) is 15.5. The minimum Gasteiger partial charge on any atom is -0.486 e. The van der Waals surface area contributed by atoms with Gasteiger partial charge in [-0.05, 0) is 38.1 Å². The van der Waals surface area contributed by atoms with Crippen LogP contribution in [0.25, 0.3) is 0 Å². The summed E-state index contributed by atoms with van der Waals surface area (Å²) in [6.45, 7) is 4.40. The lowest BCUT2D eigenvalue weighted by Gasteiger charge is -2.27. The number of hydrogen-bond donors (Lipinski definition) is 0. The Labute approximate surface area is 185 Å². The van der Waals surface area contributed by atoms with E-state index in [0.717, 1.165) is 17.1 Å². The molecule has 0 saturated heterocycles. The number of methoxy groups -OCH3 is 1. The Morgan fingerprint density at radius 1 is 1.16 bits per heavy atom. The van der Waals surface area contributed by atoms with E-state index in [1.807, 2.05) is 42.7 Å². The van der Waals surface area contributed by atoms with Crippen LogP contribution in [0.5, 0.6) is 17.4 Å². The highest BCUT2D eigenvalue weighted by molar-refractivity contribution is 6.00. The van der Waals surface area contributed by atoms with Gasteiger partial charge in [0.05, 0.1) is 19.2 Å². The van der Waals surface area contributed by atoms with Gasteiger partial charge in [0.15, 0.2) is 24.2 Å². The molecule has 0 aliphatic carbocycles. The normalized spacial score (nSPS) is 14.7. The lowest BCUT2D eigenvalue weighted by Crippen LogP contribution is -2.33. The Balaban J connectivity index is 1.41. The van der Waals surface area contributed by atoms with Crippen LogP contribution < -0.4 is 14.2 Å². The van der Waals surface area contributed by atoms with Gasteiger partial charge >= 0.3 is 5.97 Å². The molecule has 1 aromatic carbocycles. The summed E-state index contributed by atoms with van der Waals surface area (Å²) in [6.07, 6.45) is 1.26. The number of nitrogens with zero attached hydrogens (tertiary/aromatic N) is 2. The summed E-state index contributed by atoms with van der Waals surface area (Å²) in [7, 11) is 1.46. The van der Waals surface area contributed by atoms with Crippen LogP contribution in [0.1, 0.15) is 32.1 Å². The van der Waals surface area contributed by atoms with E-state index < -0.39 is 5.97 Å². The predicted molar refractivity (Wildman–Crippen MR) is 116 cm³/mol. The lowest BCUT2D eigenvalue weighted by molar-refractivity contribution is 0.0474. The van der Waals surface area contributed by atoms with E-state index in [4.69, 9.17) is 18.9 Å². The van der Waals surface area contributed by atoms with Gasteiger partial charge in [-0.15, -0.1) is 0 Å². The number of ketones is 1. The van der Waals surface area contributed by atoms with Crippen LogP contribution in [0, 0.1) is 13.8 Å². The number of rotatable bonds is 7. The molecule has 1 aliphatic rings. The number of carbonyl (C=O) groups is 2. The summed E-state index contributed by atoms with van der Waals surface area (Å²) in [5, 5.41) is 0. The van der Waals surface area contributed by atoms with E-state index in [9.17, 15) is 9.59 Å². The number of esters is 1. The fourth-order valence-electron chi connectivity index (χ4n) is 3.66. The highest BCUT2D eigenvalue weighted by Gasteiger charge is 2.24. The van der Waals surface area contributed by atoms with E-state index in [2.05, 4.69) is 4.98 Å². The van der Waals surface area contributed by atoms with Crippen molar-refractivity contribution in [3.63, 3.8) is 0 Å². The molecule has 0 radical (unpaired) electrons. The van der Waals surface area contributed by atoms with Crippen molar-refractivity contribution in [2.75, 3.05) is 20.3 Å². The van der Waals surface area contributed by atoms with Crippen LogP contribution in [0.4, 0.5) is 0 Å². The largest absolute Gasteiger partial charge is 0.486 e. The van der Waals surface area contributed by atoms with Gasteiger partial charge in [0.2, 0.25) is 11.7 Å². The highest BCUT2D eigenvalue weighted by Crippen LogP contribution is 2.31. The monoisotopic (exact) mass is 436 g/mol. The minimum atomic E-state index is -0.612. The molecule has 3 aromatic rings. The van der Waals surface area contributed by atoms with Crippen LogP contribution in [-0.2, 0) is 11.3 Å². The summed E-state index contributed by atoms with van der Waals surface area (Å²) in [6, 6.07) is 12.3. The van der Waals surface area contributed by atoms with Crippen LogP contribution in [0.2, 0.25) is 0 Å². The number of benzene rings is 1. The Kier molecular flexibility index (Phi) is 6.11. The Hall–Kier alpha value is -3.81. The zero-order chi connectivity index (χ0) is 22.7. The molecule has 0 spiro atoms. The number of aryl methyl sites for hydroxylation is 1. The Morgan fingerprint density at radius 2 is 1.94 bits per heavy atom. The van der Waals surface area contributed by atoms with Gasteiger partial charge in [-0.2, -0.15) is 0 Å². The van der Waals surface area contributed by atoms with E-state index >= 15 is 0 Å². The number of Topliss-reactive ketones (excluding diaryl/α,β-unsaturated/α-hetero) is 1. The third-order valence-corrected chi connectivity index (χ3v) is 5.34. The van der Waals surface area contributed by atoms with Crippen molar-refractivity contribution in [1.29, 1.82) is 0 Å². The molecule has 166 valence electrons. The van der Waals surface area contributed by atoms with Crippen molar-refractivity contribution >= 4 is 11.8 Å². The van der Waals surface area contributed by atoms with Crippen molar-refractivity contribution in [1.82, 2.24) is 9.55 Å². The van der Waals surface area contributed by atoms with Gasteiger partial charge in [0.1, 0.15) is 6.61 Å². The van der Waals surface area contributed by atoms with E-state index in [1.165, 1.54) is 25.4 Å². The zero-order valence-electron chi connectivity index (χ0n) is 18.2. The summed E-state index contributed by atoms with van der Waals surface area (Å²) >= 11 is 0. The number of fused-ring (bicyclic) bond motifs is 1. The number of pyridine rings is 1. The number of hydrogen-bond acceptors (Lipinski definition) is 7. The van der Waals surface area contributed by atoms with Crippen LogP contribution in [0.15, 0.2) is 48.7 Å². The third kappa shape index (κ3) is 4.44. The van der Waals surface area contributed by atoms with Gasteiger partial charge in [0, 0.05) is 29.2 Å². The molecular weight excluding hydrogens is 412 g/mol. The average Bonchev–Trinajstić information content (AvgIpc) is 3.10. The van der Waals surface area contributed by atoms with E-state index in [0.29, 0.717) is 30.3 Å². The van der Waals surface area contributed by atoms with Crippen molar-refractivity contribution in [2.45, 2.75) is 26.5 Å². The Morgan fingerprint density at radius 3 is 2.72 bits per heavy atom. The Bertz CT molecular complexity index is 1150. The fourth-order valence-corrected chi connectivity index (χ4v) is 3.66. The highest BCUT2D eigenvalue weighted by atomic mass is 16.6. The van der Waals surface area contributed by atoms with Gasteiger partial charge < -0.3 is 23.5 Å². The molecule has 0 N–H and O–H groups in total. The first-order valence-electron chi connectivity index (χ1n) is 10.2. The van der Waals surface area contributed by atoms with Crippen molar-refractivity contribution < 1.29 is 28.5 Å². The fraction of sp³-hybridized carbons (Fsp3) is 0.292. The molecular formula is C24H24N2O6. The van der Waals surface area contributed by atoms with Crippen LogP contribution >= 0.6 is 0 Å². The smallest absolute Gasteiger partial charge is 0.338 e. The predicted octanol–water partition coefficient (Wildman–Crippen LogP) is 3.39. The average molecular weight is 436 g/mol. The second kappa shape index (κ2) is 9.13. The number of aromatic nitrogens is 2. The topological polar surface area (TPSA) is 88.9 Å². The summed E-state index contributed by atoms with van der Waals surface area (Å²) < 4.78 is 24.1. The van der Waals surface area contributed by atoms with E-state index in [1.54, 1.807) is 6.07 Å².